The van der Waals surface area contributed by atoms with Crippen molar-refractivity contribution in [3.63, 3.8) is 0 Å². The Morgan fingerprint density at radius 3 is 2.54 bits per heavy atom. The summed E-state index contributed by atoms with van der Waals surface area (Å²) in [5.41, 5.74) is 1.04. The molecule has 1 rings (SSSR count). The van der Waals surface area contributed by atoms with E-state index in [1.807, 2.05) is 30.3 Å². The molecule has 0 aliphatic heterocycles. The minimum absolute atomic E-state index is 0.0756. The quantitative estimate of drug-likeness (QED) is 0.761. The summed E-state index contributed by atoms with van der Waals surface area (Å²) in [4.78, 5) is 0. The van der Waals surface area contributed by atoms with Gasteiger partial charge in [0, 0.05) is 6.61 Å². The fourth-order valence-corrected chi connectivity index (χ4v) is 1.29. The van der Waals surface area contributed by atoms with Crippen molar-refractivity contribution in [3.05, 3.63) is 35.9 Å². The molecule has 1 aromatic carbocycles. The van der Waals surface area contributed by atoms with E-state index >= 15 is 0 Å². The highest BCUT2D eigenvalue weighted by atomic mass is 16.2. The van der Waals surface area contributed by atoms with Crippen LogP contribution in [0.2, 0.25) is 0 Å². The number of hydrogen-bond acceptors (Lipinski definition) is 2. The average Bonchev–Trinajstić information content (AvgIpc) is 2.21. The zero-order chi connectivity index (χ0) is 9.52. The van der Waals surface area contributed by atoms with Gasteiger partial charge in [0.15, 0.2) is 0 Å². The van der Waals surface area contributed by atoms with Crippen molar-refractivity contribution in [1.82, 2.24) is 0 Å². The number of nitriles is 1. The molecule has 0 unspecified atom stereocenters. The minimum Gasteiger partial charge on any atom is -0.396 e. The topological polar surface area (TPSA) is 44.0 Å². The van der Waals surface area contributed by atoms with Crippen LogP contribution in [0.1, 0.15) is 24.3 Å². The van der Waals surface area contributed by atoms with Gasteiger partial charge in [0.05, 0.1) is 12.0 Å². The minimum atomic E-state index is -0.0756. The summed E-state index contributed by atoms with van der Waals surface area (Å²) in [5, 5.41) is 17.5. The number of aliphatic hydroxyl groups excluding tert-OH is 1. The molecule has 0 fully saturated rings. The summed E-state index contributed by atoms with van der Waals surface area (Å²) in [7, 11) is 0. The Kier molecular flexibility index (Phi) is 4.01. The van der Waals surface area contributed by atoms with E-state index in [1.54, 1.807) is 0 Å². The van der Waals surface area contributed by atoms with Crippen LogP contribution in [0.3, 0.4) is 0 Å². The van der Waals surface area contributed by atoms with Gasteiger partial charge in [-0.1, -0.05) is 30.3 Å². The van der Waals surface area contributed by atoms with E-state index in [4.69, 9.17) is 10.4 Å². The zero-order valence-electron chi connectivity index (χ0n) is 7.48. The molecular weight excluding hydrogens is 162 g/mol. The Morgan fingerprint density at radius 1 is 1.31 bits per heavy atom. The van der Waals surface area contributed by atoms with E-state index in [0.717, 1.165) is 12.0 Å². The first-order chi connectivity index (χ1) is 6.38. The van der Waals surface area contributed by atoms with Gasteiger partial charge in [-0.2, -0.15) is 5.26 Å². The maximum Gasteiger partial charge on any atom is 0.0713 e. The third kappa shape index (κ3) is 2.89. The second-order valence-corrected chi connectivity index (χ2v) is 2.96. The molecule has 0 heterocycles. The first kappa shape index (κ1) is 9.76. The van der Waals surface area contributed by atoms with E-state index in [-0.39, 0.29) is 12.5 Å². The van der Waals surface area contributed by atoms with Gasteiger partial charge >= 0.3 is 0 Å². The normalized spacial score (nSPS) is 12.0. The summed E-state index contributed by atoms with van der Waals surface area (Å²) in [6.45, 7) is 0.158. The monoisotopic (exact) mass is 175 g/mol. The molecule has 1 atom stereocenters. The average molecular weight is 175 g/mol. The lowest BCUT2D eigenvalue weighted by atomic mass is 9.96. The summed E-state index contributed by atoms with van der Waals surface area (Å²) in [6, 6.07) is 11.9. The molecule has 0 bridgehead atoms. The molecule has 1 aromatic rings. The van der Waals surface area contributed by atoms with Gasteiger partial charge in [-0.15, -0.1) is 0 Å². The lowest BCUT2D eigenvalue weighted by Gasteiger charge is -2.07. The fraction of sp³-hybridized carbons (Fsp3) is 0.364. The molecule has 0 spiro atoms. The third-order valence-corrected chi connectivity index (χ3v) is 2.01. The lowest BCUT2D eigenvalue weighted by molar-refractivity contribution is 0.283. The Bertz CT molecular complexity index is 276. The van der Waals surface area contributed by atoms with Crippen molar-refractivity contribution in [2.75, 3.05) is 6.61 Å². The van der Waals surface area contributed by atoms with Crippen LogP contribution in [0, 0.1) is 11.3 Å². The highest BCUT2D eigenvalue weighted by Crippen LogP contribution is 2.19. The molecule has 2 nitrogen and oxygen atoms in total. The van der Waals surface area contributed by atoms with Crippen LogP contribution in [-0.2, 0) is 0 Å². The highest BCUT2D eigenvalue weighted by molar-refractivity contribution is 5.24. The molecule has 0 aliphatic carbocycles. The molecule has 0 saturated heterocycles. The molecular formula is C11H13NO. The largest absolute Gasteiger partial charge is 0.396 e. The zero-order valence-corrected chi connectivity index (χ0v) is 7.48. The van der Waals surface area contributed by atoms with Crippen LogP contribution in [-0.4, -0.2) is 11.7 Å². The van der Waals surface area contributed by atoms with E-state index < -0.39 is 0 Å². The standard InChI is InChI=1S/C11H13NO/c12-9-11(7-4-8-13)10-5-2-1-3-6-10/h1-3,5-6,11,13H,4,7-8H2/t11-/m1/s1. The Balaban J connectivity index is 2.63. The van der Waals surface area contributed by atoms with Crippen molar-refractivity contribution in [2.45, 2.75) is 18.8 Å². The van der Waals surface area contributed by atoms with Crippen LogP contribution in [0.25, 0.3) is 0 Å². The molecule has 0 radical (unpaired) electrons. The van der Waals surface area contributed by atoms with Crippen molar-refractivity contribution >= 4 is 0 Å². The summed E-state index contributed by atoms with van der Waals surface area (Å²) in [5.74, 6) is -0.0756. The number of aliphatic hydroxyl groups is 1. The highest BCUT2D eigenvalue weighted by Gasteiger charge is 2.08. The molecule has 0 saturated carbocycles. The molecule has 0 aliphatic rings. The predicted octanol–water partition coefficient (Wildman–Crippen LogP) is 2.07. The lowest BCUT2D eigenvalue weighted by Crippen LogP contribution is -1.96. The summed E-state index contributed by atoms with van der Waals surface area (Å²) < 4.78 is 0. The van der Waals surface area contributed by atoms with E-state index in [0.29, 0.717) is 6.42 Å². The molecule has 0 amide bonds. The first-order valence-corrected chi connectivity index (χ1v) is 4.44. The molecule has 2 heteroatoms. The van der Waals surface area contributed by atoms with Gasteiger partial charge < -0.3 is 5.11 Å². The van der Waals surface area contributed by atoms with Crippen LogP contribution in [0.15, 0.2) is 30.3 Å². The van der Waals surface area contributed by atoms with Gasteiger partial charge in [0.1, 0.15) is 0 Å². The second kappa shape index (κ2) is 5.34. The maximum atomic E-state index is 8.87. The number of rotatable bonds is 4. The number of hydrogen-bond donors (Lipinski definition) is 1. The Morgan fingerprint density at radius 2 is 2.00 bits per heavy atom. The van der Waals surface area contributed by atoms with Crippen molar-refractivity contribution in [3.8, 4) is 6.07 Å². The first-order valence-electron chi connectivity index (χ1n) is 4.44. The molecule has 1 N–H and O–H groups in total. The maximum absolute atomic E-state index is 8.87. The van der Waals surface area contributed by atoms with Crippen LogP contribution >= 0.6 is 0 Å². The Labute approximate surface area is 78.4 Å². The number of benzene rings is 1. The van der Waals surface area contributed by atoms with Crippen LogP contribution < -0.4 is 0 Å². The fourth-order valence-electron chi connectivity index (χ4n) is 1.29. The summed E-state index contributed by atoms with van der Waals surface area (Å²) >= 11 is 0. The van der Waals surface area contributed by atoms with Gasteiger partial charge in [-0.3, -0.25) is 0 Å². The molecule has 0 aromatic heterocycles. The van der Waals surface area contributed by atoms with Crippen molar-refractivity contribution in [2.24, 2.45) is 0 Å². The molecule has 13 heavy (non-hydrogen) atoms. The number of nitrogens with zero attached hydrogens (tertiary/aromatic N) is 1. The van der Waals surface area contributed by atoms with Crippen LogP contribution in [0.4, 0.5) is 0 Å². The predicted molar refractivity (Wildman–Crippen MR) is 51.1 cm³/mol. The summed E-state index contributed by atoms with van der Waals surface area (Å²) in [6.07, 6.45) is 1.42. The van der Waals surface area contributed by atoms with Gasteiger partial charge in [0.2, 0.25) is 0 Å². The smallest absolute Gasteiger partial charge is 0.0713 e. The van der Waals surface area contributed by atoms with Gasteiger partial charge in [-0.25, -0.2) is 0 Å². The second-order valence-electron chi connectivity index (χ2n) is 2.96. The third-order valence-electron chi connectivity index (χ3n) is 2.01. The molecule has 68 valence electrons. The SMILES string of the molecule is N#C[C@@H](CCCO)c1ccccc1. The Hall–Kier alpha value is -1.33. The van der Waals surface area contributed by atoms with Gasteiger partial charge in [-0.05, 0) is 18.4 Å². The van der Waals surface area contributed by atoms with Crippen LogP contribution in [0.5, 0.6) is 0 Å². The van der Waals surface area contributed by atoms with Crippen molar-refractivity contribution < 1.29 is 5.11 Å². The van der Waals surface area contributed by atoms with E-state index in [2.05, 4.69) is 6.07 Å². The van der Waals surface area contributed by atoms with Crippen molar-refractivity contribution in [1.29, 1.82) is 5.26 Å². The van der Waals surface area contributed by atoms with E-state index in [9.17, 15) is 0 Å². The van der Waals surface area contributed by atoms with E-state index in [1.165, 1.54) is 0 Å². The van der Waals surface area contributed by atoms with Gasteiger partial charge in [0.25, 0.3) is 0 Å².